The van der Waals surface area contributed by atoms with Crippen molar-refractivity contribution in [3.63, 3.8) is 0 Å². The summed E-state index contributed by atoms with van der Waals surface area (Å²) in [6.07, 6.45) is 7.15. The van der Waals surface area contributed by atoms with Gasteiger partial charge in [0.05, 0.1) is 18.5 Å². The molecule has 0 bridgehead atoms. The fraction of sp³-hybridized carbons (Fsp3) is 0.385. The van der Waals surface area contributed by atoms with E-state index in [1.165, 1.54) is 0 Å². The van der Waals surface area contributed by atoms with Gasteiger partial charge in [-0.1, -0.05) is 0 Å². The molecule has 1 unspecified atom stereocenters. The summed E-state index contributed by atoms with van der Waals surface area (Å²) in [5.74, 6) is 0.857. The molecule has 0 aliphatic rings. The SMILES string of the molecule is CCOCC(C)Nc1ccc(-n2ccnc2)nc1. The largest absolute Gasteiger partial charge is 0.380 e. The molecule has 96 valence electrons. The molecule has 2 heterocycles. The maximum Gasteiger partial charge on any atom is 0.137 e. The average molecular weight is 246 g/mol. The monoisotopic (exact) mass is 246 g/mol. The minimum atomic E-state index is 0.269. The number of nitrogens with one attached hydrogen (secondary N) is 1. The Morgan fingerprint density at radius 3 is 2.94 bits per heavy atom. The molecule has 5 nitrogen and oxygen atoms in total. The molecule has 5 heteroatoms. The van der Waals surface area contributed by atoms with Crippen molar-refractivity contribution in [2.75, 3.05) is 18.5 Å². The summed E-state index contributed by atoms with van der Waals surface area (Å²) in [6, 6.07) is 4.23. The molecule has 0 aliphatic carbocycles. The summed E-state index contributed by atoms with van der Waals surface area (Å²) in [5, 5.41) is 3.34. The smallest absolute Gasteiger partial charge is 0.137 e. The van der Waals surface area contributed by atoms with Crippen LogP contribution >= 0.6 is 0 Å². The summed E-state index contributed by atoms with van der Waals surface area (Å²) in [6.45, 7) is 5.51. The van der Waals surface area contributed by atoms with Crippen LogP contribution in [0, 0.1) is 0 Å². The number of ether oxygens (including phenoxy) is 1. The third kappa shape index (κ3) is 3.30. The number of imidazole rings is 1. The van der Waals surface area contributed by atoms with Crippen molar-refractivity contribution in [1.29, 1.82) is 0 Å². The van der Waals surface area contributed by atoms with E-state index in [0.717, 1.165) is 18.1 Å². The van der Waals surface area contributed by atoms with Gasteiger partial charge in [-0.2, -0.15) is 0 Å². The normalized spacial score (nSPS) is 12.3. The number of nitrogens with zero attached hydrogens (tertiary/aromatic N) is 3. The molecule has 1 N–H and O–H groups in total. The first kappa shape index (κ1) is 12.6. The van der Waals surface area contributed by atoms with Crippen molar-refractivity contribution in [2.24, 2.45) is 0 Å². The highest BCUT2D eigenvalue weighted by atomic mass is 16.5. The summed E-state index contributed by atoms with van der Waals surface area (Å²) in [5.41, 5.74) is 0.992. The van der Waals surface area contributed by atoms with Crippen LogP contribution in [0.5, 0.6) is 0 Å². The van der Waals surface area contributed by atoms with E-state index in [1.807, 2.05) is 36.0 Å². The molecule has 0 amide bonds. The molecule has 0 spiro atoms. The second-order valence-corrected chi connectivity index (χ2v) is 4.08. The minimum Gasteiger partial charge on any atom is -0.380 e. The molecule has 0 saturated carbocycles. The Morgan fingerprint density at radius 1 is 1.44 bits per heavy atom. The van der Waals surface area contributed by atoms with Crippen molar-refractivity contribution in [3.8, 4) is 5.82 Å². The van der Waals surface area contributed by atoms with Gasteiger partial charge in [-0.25, -0.2) is 9.97 Å². The van der Waals surface area contributed by atoms with Gasteiger partial charge in [0.25, 0.3) is 0 Å². The van der Waals surface area contributed by atoms with Crippen LogP contribution in [0.3, 0.4) is 0 Å². The zero-order valence-corrected chi connectivity index (χ0v) is 10.7. The first-order valence-electron chi connectivity index (χ1n) is 6.08. The number of hydrogen-bond donors (Lipinski definition) is 1. The Labute approximate surface area is 107 Å². The summed E-state index contributed by atoms with van der Waals surface area (Å²) >= 11 is 0. The Morgan fingerprint density at radius 2 is 2.33 bits per heavy atom. The average Bonchev–Trinajstić information content (AvgIpc) is 2.91. The maximum absolute atomic E-state index is 5.35. The molecule has 18 heavy (non-hydrogen) atoms. The minimum absolute atomic E-state index is 0.269. The van der Waals surface area contributed by atoms with Gasteiger partial charge in [0.15, 0.2) is 0 Å². The summed E-state index contributed by atoms with van der Waals surface area (Å²) < 4.78 is 7.22. The second-order valence-electron chi connectivity index (χ2n) is 4.08. The maximum atomic E-state index is 5.35. The molecular weight excluding hydrogens is 228 g/mol. The van der Waals surface area contributed by atoms with Gasteiger partial charge < -0.3 is 10.1 Å². The standard InChI is InChI=1S/C13H18N4O/c1-3-18-9-11(2)16-12-4-5-13(15-8-12)17-7-6-14-10-17/h4-8,10-11,16H,3,9H2,1-2H3. The van der Waals surface area contributed by atoms with E-state index in [1.54, 1.807) is 12.5 Å². The molecule has 1 atom stereocenters. The fourth-order valence-electron chi connectivity index (χ4n) is 1.64. The van der Waals surface area contributed by atoms with Crippen LogP contribution in [0.4, 0.5) is 5.69 Å². The molecule has 0 saturated heterocycles. The quantitative estimate of drug-likeness (QED) is 0.848. The van der Waals surface area contributed by atoms with Crippen molar-refractivity contribution in [1.82, 2.24) is 14.5 Å². The first-order chi connectivity index (χ1) is 8.79. The predicted octanol–water partition coefficient (Wildman–Crippen LogP) is 2.10. The van der Waals surface area contributed by atoms with Crippen molar-refractivity contribution in [3.05, 3.63) is 37.1 Å². The van der Waals surface area contributed by atoms with Gasteiger partial charge in [0.1, 0.15) is 12.1 Å². The van der Waals surface area contributed by atoms with E-state index in [-0.39, 0.29) is 6.04 Å². The number of anilines is 1. The highest BCUT2D eigenvalue weighted by molar-refractivity contribution is 5.44. The molecule has 0 aliphatic heterocycles. The predicted molar refractivity (Wildman–Crippen MR) is 70.9 cm³/mol. The van der Waals surface area contributed by atoms with Crippen molar-refractivity contribution < 1.29 is 4.74 Å². The van der Waals surface area contributed by atoms with E-state index in [2.05, 4.69) is 22.2 Å². The van der Waals surface area contributed by atoms with E-state index >= 15 is 0 Å². The van der Waals surface area contributed by atoms with E-state index in [0.29, 0.717) is 6.61 Å². The van der Waals surface area contributed by atoms with Crippen LogP contribution in [-0.4, -0.2) is 33.8 Å². The third-order valence-electron chi connectivity index (χ3n) is 2.50. The van der Waals surface area contributed by atoms with E-state index in [4.69, 9.17) is 4.74 Å². The van der Waals surface area contributed by atoms with Crippen LogP contribution in [-0.2, 0) is 4.74 Å². The van der Waals surface area contributed by atoms with Crippen LogP contribution < -0.4 is 5.32 Å². The topological polar surface area (TPSA) is 52.0 Å². The molecular formula is C13H18N4O. The van der Waals surface area contributed by atoms with Gasteiger partial charge in [-0.15, -0.1) is 0 Å². The van der Waals surface area contributed by atoms with Gasteiger partial charge in [-0.05, 0) is 26.0 Å². The Kier molecular flexibility index (Phi) is 4.30. The first-order valence-corrected chi connectivity index (χ1v) is 6.08. The Balaban J connectivity index is 1.95. The lowest BCUT2D eigenvalue weighted by Crippen LogP contribution is -2.21. The fourth-order valence-corrected chi connectivity index (χ4v) is 1.64. The zero-order valence-electron chi connectivity index (χ0n) is 10.7. The lowest BCUT2D eigenvalue weighted by atomic mass is 10.3. The van der Waals surface area contributed by atoms with Crippen LogP contribution in [0.2, 0.25) is 0 Å². The van der Waals surface area contributed by atoms with Gasteiger partial charge in [0.2, 0.25) is 0 Å². The molecule has 0 radical (unpaired) electrons. The third-order valence-corrected chi connectivity index (χ3v) is 2.50. The zero-order chi connectivity index (χ0) is 12.8. The van der Waals surface area contributed by atoms with Gasteiger partial charge in [-0.3, -0.25) is 4.57 Å². The number of rotatable bonds is 6. The van der Waals surface area contributed by atoms with Crippen LogP contribution in [0.15, 0.2) is 37.1 Å². The van der Waals surface area contributed by atoms with Gasteiger partial charge in [0, 0.05) is 25.0 Å². The molecule has 2 rings (SSSR count). The second kappa shape index (κ2) is 6.16. The van der Waals surface area contributed by atoms with Gasteiger partial charge >= 0.3 is 0 Å². The molecule has 2 aromatic rings. The number of aromatic nitrogens is 3. The highest BCUT2D eigenvalue weighted by Gasteiger charge is 2.02. The van der Waals surface area contributed by atoms with E-state index in [9.17, 15) is 0 Å². The number of pyridine rings is 1. The summed E-state index contributed by atoms with van der Waals surface area (Å²) in [4.78, 5) is 8.37. The number of hydrogen-bond acceptors (Lipinski definition) is 4. The van der Waals surface area contributed by atoms with Crippen molar-refractivity contribution in [2.45, 2.75) is 19.9 Å². The van der Waals surface area contributed by atoms with Crippen LogP contribution in [0.1, 0.15) is 13.8 Å². The summed E-state index contributed by atoms with van der Waals surface area (Å²) in [7, 11) is 0. The lowest BCUT2D eigenvalue weighted by molar-refractivity contribution is 0.141. The molecule has 0 fully saturated rings. The lowest BCUT2D eigenvalue weighted by Gasteiger charge is -2.14. The molecule has 0 aromatic carbocycles. The van der Waals surface area contributed by atoms with Crippen LogP contribution in [0.25, 0.3) is 5.82 Å². The highest BCUT2D eigenvalue weighted by Crippen LogP contribution is 2.10. The Bertz CT molecular complexity index is 452. The molecule has 2 aromatic heterocycles. The van der Waals surface area contributed by atoms with E-state index < -0.39 is 0 Å². The van der Waals surface area contributed by atoms with Crippen molar-refractivity contribution >= 4 is 5.69 Å². The Hall–Kier alpha value is -1.88.